The largest absolute Gasteiger partial charge is 0.440 e. The van der Waals surface area contributed by atoms with Crippen LogP contribution in [0.25, 0.3) is 11.1 Å². The number of piperidine rings is 1. The maximum atomic E-state index is 12.5. The zero-order valence-electron chi connectivity index (χ0n) is 14.3. The molecular formula is C17H19Cl3N4O2S. The maximum Gasteiger partial charge on any atom is 0.273 e. The Morgan fingerprint density at radius 3 is 2.70 bits per heavy atom. The van der Waals surface area contributed by atoms with Gasteiger partial charge in [0, 0.05) is 36.0 Å². The van der Waals surface area contributed by atoms with Crippen LogP contribution in [0.1, 0.15) is 40.1 Å². The number of nitrogens with two attached hydrogens (primary N) is 1. The Hall–Kier alpha value is -1.38. The van der Waals surface area contributed by atoms with E-state index >= 15 is 0 Å². The van der Waals surface area contributed by atoms with E-state index < -0.39 is 0 Å². The summed E-state index contributed by atoms with van der Waals surface area (Å²) >= 11 is 7.42. The van der Waals surface area contributed by atoms with Gasteiger partial charge in [-0.1, -0.05) is 11.6 Å². The third-order valence-corrected chi connectivity index (χ3v) is 5.55. The van der Waals surface area contributed by atoms with Gasteiger partial charge in [0.25, 0.3) is 5.91 Å². The summed E-state index contributed by atoms with van der Waals surface area (Å²) < 4.78 is 5.86. The summed E-state index contributed by atoms with van der Waals surface area (Å²) in [7, 11) is 0. The molecule has 0 atom stereocenters. The van der Waals surface area contributed by atoms with Gasteiger partial charge in [0.1, 0.15) is 16.2 Å². The molecule has 1 aliphatic rings. The minimum absolute atomic E-state index is 0. The van der Waals surface area contributed by atoms with Gasteiger partial charge >= 0.3 is 0 Å². The van der Waals surface area contributed by atoms with Crippen LogP contribution in [0.2, 0.25) is 5.02 Å². The van der Waals surface area contributed by atoms with Crippen molar-refractivity contribution in [3.63, 3.8) is 0 Å². The molecule has 0 radical (unpaired) electrons. The summed E-state index contributed by atoms with van der Waals surface area (Å²) in [6.07, 6.45) is 1.64. The Labute approximate surface area is 177 Å². The molecule has 27 heavy (non-hydrogen) atoms. The van der Waals surface area contributed by atoms with Gasteiger partial charge in [0.2, 0.25) is 0 Å². The number of aromatic nitrogens is 2. The van der Waals surface area contributed by atoms with E-state index in [-0.39, 0.29) is 36.6 Å². The van der Waals surface area contributed by atoms with Gasteiger partial charge in [0.05, 0.1) is 0 Å². The molecule has 0 bridgehead atoms. The lowest BCUT2D eigenvalue weighted by atomic mass is 9.96. The fraction of sp³-hybridized carbons (Fsp3) is 0.353. The van der Waals surface area contributed by atoms with E-state index in [0.29, 0.717) is 30.4 Å². The minimum atomic E-state index is -0.0289. The molecule has 0 aliphatic carbocycles. The van der Waals surface area contributed by atoms with Crippen molar-refractivity contribution in [3.05, 3.63) is 45.2 Å². The predicted molar refractivity (Wildman–Crippen MR) is 111 cm³/mol. The minimum Gasteiger partial charge on any atom is -0.440 e. The average Bonchev–Trinajstić information content (AvgIpc) is 3.27. The van der Waals surface area contributed by atoms with Crippen molar-refractivity contribution in [1.29, 1.82) is 0 Å². The van der Waals surface area contributed by atoms with Crippen LogP contribution in [0.15, 0.2) is 28.0 Å². The molecule has 2 aromatic heterocycles. The van der Waals surface area contributed by atoms with Crippen LogP contribution in [0.3, 0.4) is 0 Å². The Morgan fingerprint density at radius 1 is 1.30 bits per heavy atom. The SMILES string of the molecule is Cl.Cl.NCc1nc(C(=O)N2CCC(c3nc4cc(Cl)ccc4o3)CC2)cs1. The second-order valence-corrected chi connectivity index (χ2v) is 7.44. The Kier molecular flexibility index (Phi) is 7.47. The molecule has 0 spiro atoms. The van der Waals surface area contributed by atoms with E-state index in [1.165, 1.54) is 11.3 Å². The van der Waals surface area contributed by atoms with Crippen molar-refractivity contribution in [1.82, 2.24) is 14.9 Å². The van der Waals surface area contributed by atoms with Crippen molar-refractivity contribution in [2.45, 2.75) is 25.3 Å². The van der Waals surface area contributed by atoms with E-state index in [9.17, 15) is 4.79 Å². The fourth-order valence-corrected chi connectivity index (χ4v) is 3.90. The number of hydrogen-bond donors (Lipinski definition) is 1. The van der Waals surface area contributed by atoms with Crippen LogP contribution in [-0.4, -0.2) is 33.9 Å². The lowest BCUT2D eigenvalue weighted by molar-refractivity contribution is 0.0701. The van der Waals surface area contributed by atoms with Crippen molar-refractivity contribution >= 4 is 64.8 Å². The smallest absolute Gasteiger partial charge is 0.273 e. The van der Waals surface area contributed by atoms with Gasteiger partial charge in [0.15, 0.2) is 11.5 Å². The maximum absolute atomic E-state index is 12.5. The zero-order chi connectivity index (χ0) is 17.4. The quantitative estimate of drug-likeness (QED) is 0.645. The number of benzene rings is 1. The summed E-state index contributed by atoms with van der Waals surface area (Å²) in [4.78, 5) is 23.2. The fourth-order valence-electron chi connectivity index (χ4n) is 3.09. The van der Waals surface area contributed by atoms with Crippen LogP contribution >= 0.6 is 47.8 Å². The Balaban J connectivity index is 0.00000131. The average molecular weight is 450 g/mol. The second kappa shape index (κ2) is 9.21. The molecule has 6 nitrogen and oxygen atoms in total. The molecule has 4 rings (SSSR count). The van der Waals surface area contributed by atoms with Crippen LogP contribution in [0, 0.1) is 0 Å². The zero-order valence-corrected chi connectivity index (χ0v) is 17.5. The summed E-state index contributed by atoms with van der Waals surface area (Å²) in [6, 6.07) is 5.44. The first-order valence-corrected chi connectivity index (χ1v) is 9.39. The van der Waals surface area contributed by atoms with E-state index in [1.807, 2.05) is 11.0 Å². The van der Waals surface area contributed by atoms with Gasteiger partial charge in [-0.3, -0.25) is 4.79 Å². The van der Waals surface area contributed by atoms with Crippen molar-refractivity contribution < 1.29 is 9.21 Å². The molecule has 0 unspecified atom stereocenters. The number of likely N-dealkylation sites (tertiary alicyclic amines) is 1. The molecule has 3 heterocycles. The number of carbonyl (C=O) groups is 1. The summed E-state index contributed by atoms with van der Waals surface area (Å²) in [5, 5.41) is 3.21. The topological polar surface area (TPSA) is 85.2 Å². The molecule has 10 heteroatoms. The first kappa shape index (κ1) is 21.9. The molecule has 3 aromatic rings. The normalized spacial score (nSPS) is 14.7. The highest BCUT2D eigenvalue weighted by Crippen LogP contribution is 2.31. The van der Waals surface area contributed by atoms with Crippen molar-refractivity contribution in [2.75, 3.05) is 13.1 Å². The first-order chi connectivity index (χ1) is 12.1. The molecular weight excluding hydrogens is 431 g/mol. The highest BCUT2D eigenvalue weighted by atomic mass is 35.5. The summed E-state index contributed by atoms with van der Waals surface area (Å²) in [6.45, 7) is 1.69. The number of oxazole rings is 1. The molecule has 0 saturated carbocycles. The van der Waals surface area contributed by atoms with Crippen LogP contribution in [0.5, 0.6) is 0 Å². The van der Waals surface area contributed by atoms with E-state index in [1.54, 1.807) is 17.5 Å². The van der Waals surface area contributed by atoms with Crippen LogP contribution in [0.4, 0.5) is 0 Å². The Bertz CT molecular complexity index is 922. The number of thiazole rings is 1. The number of rotatable bonds is 3. The molecule has 1 aliphatic heterocycles. The van der Waals surface area contributed by atoms with Gasteiger partial charge in [-0.05, 0) is 31.0 Å². The predicted octanol–water partition coefficient (Wildman–Crippen LogP) is 4.26. The first-order valence-electron chi connectivity index (χ1n) is 8.14. The molecule has 146 valence electrons. The van der Waals surface area contributed by atoms with E-state index in [0.717, 1.165) is 34.8 Å². The third-order valence-electron chi connectivity index (χ3n) is 4.44. The van der Waals surface area contributed by atoms with E-state index in [4.69, 9.17) is 21.8 Å². The molecule has 1 saturated heterocycles. The lowest BCUT2D eigenvalue weighted by Gasteiger charge is -2.30. The summed E-state index contributed by atoms with van der Waals surface area (Å²) in [5.74, 6) is 0.910. The monoisotopic (exact) mass is 448 g/mol. The van der Waals surface area contributed by atoms with Crippen molar-refractivity contribution in [3.8, 4) is 0 Å². The number of fused-ring (bicyclic) bond motifs is 1. The number of halogens is 3. The van der Waals surface area contributed by atoms with E-state index in [2.05, 4.69) is 9.97 Å². The van der Waals surface area contributed by atoms with Gasteiger partial charge in [-0.15, -0.1) is 36.2 Å². The Morgan fingerprint density at radius 2 is 2.04 bits per heavy atom. The van der Waals surface area contributed by atoms with Crippen molar-refractivity contribution in [2.24, 2.45) is 5.73 Å². The highest BCUT2D eigenvalue weighted by molar-refractivity contribution is 7.09. The standard InChI is InChI=1S/C17H17ClN4O2S.2ClH/c18-11-1-2-14-12(7-11)21-16(24-14)10-3-5-22(6-4-10)17(23)13-9-25-15(8-19)20-13;;/h1-2,7,9-10H,3-6,8,19H2;2*1H. The molecule has 1 fully saturated rings. The number of amides is 1. The molecule has 1 amide bonds. The molecule has 1 aromatic carbocycles. The summed E-state index contributed by atoms with van der Waals surface area (Å²) in [5.41, 5.74) is 7.57. The van der Waals surface area contributed by atoms with Crippen LogP contribution < -0.4 is 5.73 Å². The second-order valence-electron chi connectivity index (χ2n) is 6.06. The van der Waals surface area contributed by atoms with Gasteiger partial charge in [-0.25, -0.2) is 9.97 Å². The third kappa shape index (κ3) is 4.55. The molecule has 2 N–H and O–H groups in total. The van der Waals surface area contributed by atoms with Crippen LogP contribution in [-0.2, 0) is 6.54 Å². The number of carbonyl (C=O) groups excluding carboxylic acids is 1. The number of nitrogens with zero attached hydrogens (tertiary/aromatic N) is 3. The van der Waals surface area contributed by atoms with Gasteiger partial charge < -0.3 is 15.1 Å². The number of hydrogen-bond acceptors (Lipinski definition) is 6. The highest BCUT2D eigenvalue weighted by Gasteiger charge is 2.28. The van der Waals surface area contributed by atoms with Gasteiger partial charge in [-0.2, -0.15) is 0 Å². The lowest BCUT2D eigenvalue weighted by Crippen LogP contribution is -2.38.